The van der Waals surface area contributed by atoms with Gasteiger partial charge in [0.2, 0.25) is 0 Å². The van der Waals surface area contributed by atoms with Crippen molar-refractivity contribution in [2.24, 2.45) is 0 Å². The molecule has 2 N–H and O–H groups in total. The molecule has 0 spiro atoms. The lowest BCUT2D eigenvalue weighted by molar-refractivity contribution is -0.274. The van der Waals surface area contributed by atoms with Gasteiger partial charge in [-0.2, -0.15) is 0 Å². The molecule has 1 amide bonds. The minimum Gasteiger partial charge on any atom is -0.406 e. The molecular weight excluding hydrogens is 261 g/mol. The molecule has 0 saturated carbocycles. The molecule has 4 nitrogen and oxygen atoms in total. The van der Waals surface area contributed by atoms with E-state index in [4.69, 9.17) is 0 Å². The summed E-state index contributed by atoms with van der Waals surface area (Å²) in [5.74, 6) is -0.800. The number of halogens is 3. The Kier molecular flexibility index (Phi) is 3.94. The van der Waals surface area contributed by atoms with E-state index >= 15 is 0 Å². The standard InChI is InChI=1S/C12H13F3N2O2/c13-12(14,15)19-10-3-1-2-8(6-10)11(18)17-9-4-5-16-7-9/h1-3,6,9,16H,4-5,7H2,(H,17,18). The monoisotopic (exact) mass is 274 g/mol. The first-order chi connectivity index (χ1) is 8.94. The minimum atomic E-state index is -4.76. The molecule has 1 aromatic rings. The molecular formula is C12H13F3N2O2. The Labute approximate surface area is 107 Å². The third kappa shape index (κ3) is 4.13. The van der Waals surface area contributed by atoms with Gasteiger partial charge in [-0.05, 0) is 31.2 Å². The number of benzene rings is 1. The van der Waals surface area contributed by atoms with Crippen molar-refractivity contribution in [1.29, 1.82) is 0 Å². The summed E-state index contributed by atoms with van der Waals surface area (Å²) in [5, 5.41) is 5.83. The van der Waals surface area contributed by atoms with E-state index in [1.807, 2.05) is 0 Å². The van der Waals surface area contributed by atoms with Gasteiger partial charge in [0.05, 0.1) is 0 Å². The van der Waals surface area contributed by atoms with Crippen LogP contribution >= 0.6 is 0 Å². The number of hydrogen-bond donors (Lipinski definition) is 2. The normalized spacial score (nSPS) is 19.2. The predicted octanol–water partition coefficient (Wildman–Crippen LogP) is 1.68. The molecule has 19 heavy (non-hydrogen) atoms. The number of amides is 1. The Balaban J connectivity index is 2.03. The first-order valence-electron chi connectivity index (χ1n) is 5.81. The second kappa shape index (κ2) is 5.48. The highest BCUT2D eigenvalue weighted by molar-refractivity contribution is 5.94. The Morgan fingerprint density at radius 3 is 2.84 bits per heavy atom. The van der Waals surface area contributed by atoms with Gasteiger partial charge < -0.3 is 15.4 Å². The Bertz CT molecular complexity index is 457. The average Bonchev–Trinajstić information content (AvgIpc) is 2.80. The Morgan fingerprint density at radius 2 is 2.21 bits per heavy atom. The van der Waals surface area contributed by atoms with Gasteiger partial charge in [0.1, 0.15) is 5.75 Å². The van der Waals surface area contributed by atoms with E-state index in [1.54, 1.807) is 0 Å². The molecule has 1 saturated heterocycles. The van der Waals surface area contributed by atoms with E-state index in [0.717, 1.165) is 25.1 Å². The smallest absolute Gasteiger partial charge is 0.406 e. The summed E-state index contributed by atoms with van der Waals surface area (Å²) in [6.45, 7) is 1.49. The molecule has 0 aliphatic carbocycles. The maximum atomic E-state index is 12.1. The number of alkyl halides is 3. The molecule has 1 atom stereocenters. The molecule has 0 aromatic heterocycles. The molecule has 2 rings (SSSR count). The highest BCUT2D eigenvalue weighted by atomic mass is 19.4. The van der Waals surface area contributed by atoms with Crippen LogP contribution in [-0.2, 0) is 0 Å². The third-order valence-electron chi connectivity index (χ3n) is 2.73. The number of rotatable bonds is 3. The number of hydrogen-bond acceptors (Lipinski definition) is 3. The molecule has 0 radical (unpaired) electrons. The fourth-order valence-corrected chi connectivity index (χ4v) is 1.88. The summed E-state index contributed by atoms with van der Waals surface area (Å²) in [5.41, 5.74) is 0.147. The first kappa shape index (κ1) is 13.7. The van der Waals surface area contributed by atoms with Gasteiger partial charge in [-0.25, -0.2) is 0 Å². The molecule has 0 bridgehead atoms. The van der Waals surface area contributed by atoms with Crippen LogP contribution in [0.2, 0.25) is 0 Å². The zero-order valence-electron chi connectivity index (χ0n) is 9.96. The van der Waals surface area contributed by atoms with Gasteiger partial charge in [-0.1, -0.05) is 6.07 Å². The zero-order chi connectivity index (χ0) is 13.9. The summed E-state index contributed by atoms with van der Waals surface area (Å²) >= 11 is 0. The lowest BCUT2D eigenvalue weighted by Gasteiger charge is -2.13. The summed E-state index contributed by atoms with van der Waals surface area (Å²) in [6.07, 6.45) is -3.95. The lowest BCUT2D eigenvalue weighted by Crippen LogP contribution is -2.36. The fraction of sp³-hybridized carbons (Fsp3) is 0.417. The lowest BCUT2D eigenvalue weighted by atomic mass is 10.2. The SMILES string of the molecule is O=C(NC1CCNC1)c1cccc(OC(F)(F)F)c1. The Morgan fingerprint density at radius 1 is 1.42 bits per heavy atom. The van der Waals surface area contributed by atoms with Gasteiger partial charge in [0.15, 0.2) is 0 Å². The van der Waals surface area contributed by atoms with Gasteiger partial charge in [0, 0.05) is 18.2 Å². The fourth-order valence-electron chi connectivity index (χ4n) is 1.88. The van der Waals surface area contributed by atoms with E-state index in [-0.39, 0.29) is 11.6 Å². The van der Waals surface area contributed by atoms with E-state index < -0.39 is 18.0 Å². The molecule has 1 aliphatic heterocycles. The van der Waals surface area contributed by atoms with Crippen molar-refractivity contribution in [2.75, 3.05) is 13.1 Å². The van der Waals surface area contributed by atoms with Crippen molar-refractivity contribution in [3.05, 3.63) is 29.8 Å². The molecule has 1 aliphatic rings. The maximum Gasteiger partial charge on any atom is 0.573 e. The molecule has 1 aromatic carbocycles. The van der Waals surface area contributed by atoms with Crippen LogP contribution in [0.1, 0.15) is 16.8 Å². The average molecular weight is 274 g/mol. The van der Waals surface area contributed by atoms with Crippen LogP contribution in [0, 0.1) is 0 Å². The van der Waals surface area contributed by atoms with Gasteiger partial charge in [0.25, 0.3) is 5.91 Å². The van der Waals surface area contributed by atoms with Crippen LogP contribution < -0.4 is 15.4 Å². The topological polar surface area (TPSA) is 50.4 Å². The van der Waals surface area contributed by atoms with Gasteiger partial charge in [-0.15, -0.1) is 13.2 Å². The zero-order valence-corrected chi connectivity index (χ0v) is 9.96. The minimum absolute atomic E-state index is 0.0136. The van der Waals surface area contributed by atoms with E-state index in [9.17, 15) is 18.0 Å². The second-order valence-electron chi connectivity index (χ2n) is 4.24. The van der Waals surface area contributed by atoms with Gasteiger partial charge >= 0.3 is 6.36 Å². The summed E-state index contributed by atoms with van der Waals surface area (Å²) in [4.78, 5) is 11.8. The number of carbonyl (C=O) groups is 1. The van der Waals surface area contributed by atoms with Gasteiger partial charge in [-0.3, -0.25) is 4.79 Å². The molecule has 1 heterocycles. The van der Waals surface area contributed by atoms with Crippen molar-refractivity contribution in [2.45, 2.75) is 18.8 Å². The first-order valence-corrected chi connectivity index (χ1v) is 5.81. The van der Waals surface area contributed by atoms with E-state index in [2.05, 4.69) is 15.4 Å². The predicted molar refractivity (Wildman–Crippen MR) is 61.9 cm³/mol. The van der Waals surface area contributed by atoms with E-state index in [1.165, 1.54) is 12.1 Å². The van der Waals surface area contributed by atoms with Crippen molar-refractivity contribution in [3.8, 4) is 5.75 Å². The van der Waals surface area contributed by atoms with Crippen molar-refractivity contribution >= 4 is 5.91 Å². The summed E-state index contributed by atoms with van der Waals surface area (Å²) < 4.78 is 40.0. The number of nitrogens with one attached hydrogen (secondary N) is 2. The molecule has 104 valence electrons. The highest BCUT2D eigenvalue weighted by Gasteiger charge is 2.31. The van der Waals surface area contributed by atoms with Crippen LogP contribution in [0.15, 0.2) is 24.3 Å². The van der Waals surface area contributed by atoms with Crippen molar-refractivity contribution in [1.82, 2.24) is 10.6 Å². The summed E-state index contributed by atoms with van der Waals surface area (Å²) in [6, 6.07) is 5.04. The van der Waals surface area contributed by atoms with Crippen LogP contribution in [-0.4, -0.2) is 31.4 Å². The van der Waals surface area contributed by atoms with Crippen LogP contribution in [0.4, 0.5) is 13.2 Å². The Hall–Kier alpha value is -1.76. The number of carbonyl (C=O) groups excluding carboxylic acids is 1. The molecule has 1 fully saturated rings. The highest BCUT2D eigenvalue weighted by Crippen LogP contribution is 2.23. The second-order valence-corrected chi connectivity index (χ2v) is 4.24. The van der Waals surface area contributed by atoms with Crippen LogP contribution in [0.5, 0.6) is 5.75 Å². The number of ether oxygens (including phenoxy) is 1. The summed E-state index contributed by atoms with van der Waals surface area (Å²) in [7, 11) is 0. The maximum absolute atomic E-state index is 12.1. The van der Waals surface area contributed by atoms with Crippen LogP contribution in [0.3, 0.4) is 0 Å². The van der Waals surface area contributed by atoms with Crippen molar-refractivity contribution < 1.29 is 22.7 Å². The van der Waals surface area contributed by atoms with Crippen molar-refractivity contribution in [3.63, 3.8) is 0 Å². The van der Waals surface area contributed by atoms with Crippen LogP contribution in [0.25, 0.3) is 0 Å². The third-order valence-corrected chi connectivity index (χ3v) is 2.73. The largest absolute Gasteiger partial charge is 0.573 e. The van der Waals surface area contributed by atoms with E-state index in [0.29, 0.717) is 6.54 Å². The molecule has 7 heteroatoms. The molecule has 1 unspecified atom stereocenters. The quantitative estimate of drug-likeness (QED) is 0.881.